The molecule has 1 unspecified atom stereocenters. The number of rotatable bonds is 6. The number of nitrogens with one attached hydrogen (secondary N) is 1. The van der Waals surface area contributed by atoms with Crippen LogP contribution < -0.4 is 11.1 Å². The van der Waals surface area contributed by atoms with Crippen molar-refractivity contribution in [3.8, 4) is 0 Å². The molecule has 1 amide bonds. The highest BCUT2D eigenvalue weighted by molar-refractivity contribution is 7.10. The van der Waals surface area contributed by atoms with Gasteiger partial charge in [0.1, 0.15) is 0 Å². The summed E-state index contributed by atoms with van der Waals surface area (Å²) in [5, 5.41) is 4.91. The average molecular weight is 263 g/mol. The third kappa shape index (κ3) is 4.96. The zero-order valence-electron chi connectivity index (χ0n) is 9.44. The second-order valence-electron chi connectivity index (χ2n) is 3.52. The van der Waals surface area contributed by atoms with E-state index < -0.39 is 0 Å². The zero-order valence-corrected chi connectivity index (χ0v) is 11.1. The van der Waals surface area contributed by atoms with Crippen molar-refractivity contribution >= 4 is 29.7 Å². The van der Waals surface area contributed by atoms with Crippen LogP contribution in [0.15, 0.2) is 17.5 Å². The third-order valence-electron chi connectivity index (χ3n) is 2.29. The highest BCUT2D eigenvalue weighted by atomic mass is 35.5. The second kappa shape index (κ2) is 8.56. The van der Waals surface area contributed by atoms with Gasteiger partial charge in [0.25, 0.3) is 0 Å². The van der Waals surface area contributed by atoms with E-state index in [1.165, 1.54) is 0 Å². The molecule has 3 N–H and O–H groups in total. The van der Waals surface area contributed by atoms with Crippen molar-refractivity contribution in [2.75, 3.05) is 13.1 Å². The van der Waals surface area contributed by atoms with E-state index in [1.807, 2.05) is 24.4 Å². The topological polar surface area (TPSA) is 55.1 Å². The van der Waals surface area contributed by atoms with Crippen LogP contribution in [0.4, 0.5) is 0 Å². The van der Waals surface area contributed by atoms with Gasteiger partial charge in [-0.05, 0) is 37.8 Å². The van der Waals surface area contributed by atoms with E-state index in [0.29, 0.717) is 6.54 Å². The van der Waals surface area contributed by atoms with Crippen LogP contribution in [0.2, 0.25) is 0 Å². The van der Waals surface area contributed by atoms with Crippen molar-refractivity contribution in [3.63, 3.8) is 0 Å². The fourth-order valence-corrected chi connectivity index (χ4v) is 2.08. The van der Waals surface area contributed by atoms with E-state index >= 15 is 0 Å². The van der Waals surface area contributed by atoms with Gasteiger partial charge in [-0.15, -0.1) is 23.7 Å². The summed E-state index contributed by atoms with van der Waals surface area (Å²) in [4.78, 5) is 12.8. The average Bonchev–Trinajstić information content (AvgIpc) is 2.76. The van der Waals surface area contributed by atoms with Crippen molar-refractivity contribution in [1.29, 1.82) is 0 Å². The van der Waals surface area contributed by atoms with E-state index in [2.05, 4.69) is 5.32 Å². The van der Waals surface area contributed by atoms with Gasteiger partial charge in [-0.2, -0.15) is 0 Å². The molecule has 0 bridgehead atoms. The maximum Gasteiger partial charge on any atom is 0.228 e. The van der Waals surface area contributed by atoms with Gasteiger partial charge in [0.2, 0.25) is 5.91 Å². The fraction of sp³-hybridized carbons (Fsp3) is 0.545. The highest BCUT2D eigenvalue weighted by Gasteiger charge is 2.14. The highest BCUT2D eigenvalue weighted by Crippen LogP contribution is 2.20. The predicted molar refractivity (Wildman–Crippen MR) is 71.3 cm³/mol. The number of hydrogen-bond donors (Lipinski definition) is 2. The Morgan fingerprint density at radius 1 is 1.56 bits per heavy atom. The van der Waals surface area contributed by atoms with Crippen LogP contribution in [0, 0.1) is 0 Å². The molecule has 1 aromatic rings. The lowest BCUT2D eigenvalue weighted by molar-refractivity contribution is -0.122. The predicted octanol–water partition coefficient (Wildman–Crippen LogP) is 2.13. The van der Waals surface area contributed by atoms with Gasteiger partial charge in [-0.3, -0.25) is 4.79 Å². The monoisotopic (exact) mass is 262 g/mol. The van der Waals surface area contributed by atoms with Crippen LogP contribution in [0.5, 0.6) is 0 Å². The van der Waals surface area contributed by atoms with E-state index in [9.17, 15) is 4.79 Å². The summed E-state index contributed by atoms with van der Waals surface area (Å²) in [6.45, 7) is 3.35. The van der Waals surface area contributed by atoms with Gasteiger partial charge in [-0.25, -0.2) is 0 Å². The number of halogens is 1. The second-order valence-corrected chi connectivity index (χ2v) is 4.50. The van der Waals surface area contributed by atoms with Gasteiger partial charge in [0, 0.05) is 11.4 Å². The first-order valence-electron chi connectivity index (χ1n) is 5.27. The summed E-state index contributed by atoms with van der Waals surface area (Å²) < 4.78 is 0. The van der Waals surface area contributed by atoms with Gasteiger partial charge >= 0.3 is 0 Å². The van der Waals surface area contributed by atoms with Crippen LogP contribution in [-0.2, 0) is 4.79 Å². The smallest absolute Gasteiger partial charge is 0.228 e. The van der Waals surface area contributed by atoms with E-state index in [4.69, 9.17) is 5.73 Å². The van der Waals surface area contributed by atoms with Crippen LogP contribution in [0.3, 0.4) is 0 Å². The molecule has 0 radical (unpaired) electrons. The first kappa shape index (κ1) is 15.4. The van der Waals surface area contributed by atoms with E-state index in [1.54, 1.807) is 11.3 Å². The van der Waals surface area contributed by atoms with Crippen LogP contribution in [0.1, 0.15) is 30.6 Å². The molecule has 1 rings (SSSR count). The van der Waals surface area contributed by atoms with Crippen LogP contribution in [0.25, 0.3) is 0 Å². The van der Waals surface area contributed by atoms with Gasteiger partial charge in [-0.1, -0.05) is 6.07 Å². The first-order chi connectivity index (χ1) is 7.25. The number of carbonyl (C=O) groups is 1. The standard InChI is InChI=1S/C11H18N2OS.ClH/c1-9(10-5-4-8-15-10)11(14)13-7-3-2-6-12;/h4-5,8-9H,2-3,6-7,12H2,1H3,(H,13,14);1H. The molecule has 0 aliphatic rings. The Balaban J connectivity index is 0.00000225. The molecule has 0 aromatic carbocycles. The maximum atomic E-state index is 11.7. The number of hydrogen-bond acceptors (Lipinski definition) is 3. The van der Waals surface area contributed by atoms with Gasteiger partial charge < -0.3 is 11.1 Å². The van der Waals surface area contributed by atoms with Crippen molar-refractivity contribution in [2.24, 2.45) is 5.73 Å². The SMILES string of the molecule is CC(C(=O)NCCCCN)c1cccs1.Cl. The fourth-order valence-electron chi connectivity index (χ4n) is 1.30. The molecule has 16 heavy (non-hydrogen) atoms. The first-order valence-corrected chi connectivity index (χ1v) is 6.15. The summed E-state index contributed by atoms with van der Waals surface area (Å²) in [6.07, 6.45) is 1.92. The minimum atomic E-state index is -0.0390. The Labute approximate surface area is 107 Å². The molecule has 5 heteroatoms. The summed E-state index contributed by atoms with van der Waals surface area (Å²) >= 11 is 1.62. The number of thiophene rings is 1. The van der Waals surface area contributed by atoms with Crippen LogP contribution >= 0.6 is 23.7 Å². The molecule has 92 valence electrons. The lowest BCUT2D eigenvalue weighted by Gasteiger charge is -2.10. The third-order valence-corrected chi connectivity index (χ3v) is 3.35. The summed E-state index contributed by atoms with van der Waals surface area (Å²) in [5.41, 5.74) is 5.37. The van der Waals surface area contributed by atoms with Gasteiger partial charge in [0.15, 0.2) is 0 Å². The number of unbranched alkanes of at least 4 members (excludes halogenated alkanes) is 1. The Bertz CT molecular complexity index is 290. The van der Waals surface area contributed by atoms with Crippen molar-refractivity contribution in [1.82, 2.24) is 5.32 Å². The zero-order chi connectivity index (χ0) is 11.1. The molecule has 0 spiro atoms. The Hall–Kier alpha value is -0.580. The maximum absolute atomic E-state index is 11.7. The molecule has 0 aliphatic carbocycles. The molecular weight excluding hydrogens is 244 g/mol. The van der Waals surface area contributed by atoms with E-state index in [0.717, 1.165) is 24.3 Å². The van der Waals surface area contributed by atoms with Crippen molar-refractivity contribution < 1.29 is 4.79 Å². The van der Waals surface area contributed by atoms with Crippen molar-refractivity contribution in [2.45, 2.75) is 25.7 Å². The van der Waals surface area contributed by atoms with Gasteiger partial charge in [0.05, 0.1) is 5.92 Å². The summed E-state index contributed by atoms with van der Waals surface area (Å²) in [6, 6.07) is 3.97. The minimum absolute atomic E-state index is 0. The summed E-state index contributed by atoms with van der Waals surface area (Å²) in [7, 11) is 0. The van der Waals surface area contributed by atoms with Crippen molar-refractivity contribution in [3.05, 3.63) is 22.4 Å². The molecule has 0 aliphatic heterocycles. The Morgan fingerprint density at radius 2 is 2.31 bits per heavy atom. The molecule has 1 atom stereocenters. The molecule has 0 saturated carbocycles. The number of carbonyl (C=O) groups excluding carboxylic acids is 1. The lowest BCUT2D eigenvalue weighted by atomic mass is 10.1. The number of amides is 1. The molecule has 0 fully saturated rings. The Kier molecular flexibility index (Phi) is 8.25. The molecular formula is C11H19ClN2OS. The van der Waals surface area contributed by atoms with Crippen LogP contribution in [-0.4, -0.2) is 19.0 Å². The quantitative estimate of drug-likeness (QED) is 0.772. The number of nitrogens with two attached hydrogens (primary N) is 1. The molecule has 1 heterocycles. The largest absolute Gasteiger partial charge is 0.356 e. The van der Waals surface area contributed by atoms with E-state index in [-0.39, 0.29) is 24.2 Å². The normalized spacial score (nSPS) is 11.6. The molecule has 0 saturated heterocycles. The lowest BCUT2D eigenvalue weighted by Crippen LogP contribution is -2.28. The minimum Gasteiger partial charge on any atom is -0.356 e. The molecule has 1 aromatic heterocycles. The summed E-state index contributed by atoms with van der Waals surface area (Å²) in [5.74, 6) is 0.0670. The Morgan fingerprint density at radius 3 is 2.88 bits per heavy atom. The molecule has 3 nitrogen and oxygen atoms in total.